The Bertz CT molecular complexity index is 1850. The number of ether oxygens (including phenoxy) is 2. The normalized spacial score (nSPS) is 13.8. The highest BCUT2D eigenvalue weighted by atomic mass is 79.9. The molecule has 4 N–H and O–H groups in total. The van der Waals surface area contributed by atoms with E-state index in [0.29, 0.717) is 21.2 Å². The number of nitrogens with zero attached hydrogens (tertiary/aromatic N) is 1. The van der Waals surface area contributed by atoms with Crippen LogP contribution >= 0.6 is 39.1 Å². The molecule has 0 aliphatic rings. The van der Waals surface area contributed by atoms with Crippen molar-refractivity contribution in [3.8, 4) is 11.1 Å². The number of aliphatic carboxylic acids is 2. The highest BCUT2D eigenvalue weighted by molar-refractivity contribution is 9.10. The Labute approximate surface area is 328 Å². The number of amides is 2. The van der Waals surface area contributed by atoms with Crippen LogP contribution in [0.15, 0.2) is 64.0 Å². The average Bonchev–Trinajstić information content (AvgIpc) is 3.01. The Balaban J connectivity index is 0.000000390. The van der Waals surface area contributed by atoms with Crippen LogP contribution in [0.3, 0.4) is 0 Å². The van der Waals surface area contributed by atoms with Crippen LogP contribution in [-0.4, -0.2) is 62.2 Å². The molecule has 3 rings (SSSR count). The van der Waals surface area contributed by atoms with Crippen molar-refractivity contribution in [2.75, 3.05) is 0 Å². The number of carbonyl (C=O) groups is 4. The summed E-state index contributed by atoms with van der Waals surface area (Å²) in [7, 11) is 0. The quantitative estimate of drug-likeness (QED) is 0.155. The minimum atomic E-state index is -1.24. The molecule has 0 saturated carbocycles. The lowest BCUT2D eigenvalue weighted by molar-refractivity contribution is -0.140. The van der Waals surface area contributed by atoms with Crippen LogP contribution in [0.1, 0.15) is 98.2 Å². The highest BCUT2D eigenvalue weighted by Crippen LogP contribution is 2.33. The fourth-order valence-electron chi connectivity index (χ4n) is 5.04. The zero-order valence-corrected chi connectivity index (χ0v) is 34.5. The molecule has 2 unspecified atom stereocenters. The highest BCUT2D eigenvalue weighted by Gasteiger charge is 2.32. The Morgan fingerprint density at radius 3 is 1.53 bits per heavy atom. The number of halogens is 3. The summed E-state index contributed by atoms with van der Waals surface area (Å²) in [4.78, 5) is 59.4. The largest absolute Gasteiger partial charge is 0.480 e. The van der Waals surface area contributed by atoms with Gasteiger partial charge in [0.2, 0.25) is 0 Å². The third-order valence-corrected chi connectivity index (χ3v) is 8.82. The SMILES string of the molecule is CC(c1cc(-c2ccc(=O)n(C(C)C)c2)ccc1Cl)[C@H](NC(=O)OC(C)(C)C)C(=O)O.CC(c1cc(Br)ccc1Cl)[C@H](NC(=O)OC(C)(C)C)C(=O)O. The molecular weight excluding hydrogens is 793 g/mol. The molecule has 0 aliphatic carbocycles. The second-order valence-corrected chi connectivity index (χ2v) is 16.4. The number of hydrogen-bond acceptors (Lipinski definition) is 7. The lowest BCUT2D eigenvalue weighted by Crippen LogP contribution is -2.46. The van der Waals surface area contributed by atoms with Crippen molar-refractivity contribution in [1.29, 1.82) is 0 Å². The van der Waals surface area contributed by atoms with Crippen LogP contribution < -0.4 is 16.2 Å². The third-order valence-electron chi connectivity index (χ3n) is 7.64. The van der Waals surface area contributed by atoms with Gasteiger partial charge in [0, 0.05) is 44.7 Å². The first kappa shape index (κ1) is 45.1. The van der Waals surface area contributed by atoms with E-state index in [9.17, 15) is 34.2 Å². The molecule has 0 radical (unpaired) electrons. The molecule has 15 heteroatoms. The molecular formula is C38H48BrCl2N3O9. The van der Waals surface area contributed by atoms with Crippen LogP contribution in [-0.2, 0) is 19.1 Å². The van der Waals surface area contributed by atoms with Gasteiger partial charge in [0.1, 0.15) is 23.3 Å². The van der Waals surface area contributed by atoms with E-state index < -0.39 is 59.2 Å². The number of nitrogens with one attached hydrogen (secondary N) is 2. The summed E-state index contributed by atoms with van der Waals surface area (Å²) in [5.74, 6) is -3.54. The first-order valence-corrected chi connectivity index (χ1v) is 18.3. The number of aromatic nitrogens is 1. The van der Waals surface area contributed by atoms with E-state index in [1.54, 1.807) is 109 Å². The minimum Gasteiger partial charge on any atom is -0.480 e. The van der Waals surface area contributed by atoms with Crippen LogP contribution in [0.25, 0.3) is 11.1 Å². The molecule has 53 heavy (non-hydrogen) atoms. The predicted octanol–water partition coefficient (Wildman–Crippen LogP) is 9.01. The van der Waals surface area contributed by atoms with Gasteiger partial charge in [-0.05, 0) is 114 Å². The molecule has 2 aromatic carbocycles. The van der Waals surface area contributed by atoms with Gasteiger partial charge in [-0.15, -0.1) is 0 Å². The molecule has 2 amide bonds. The summed E-state index contributed by atoms with van der Waals surface area (Å²) in [5.41, 5.74) is 1.20. The van der Waals surface area contributed by atoms with Crippen LogP contribution in [0.2, 0.25) is 10.0 Å². The summed E-state index contributed by atoms with van der Waals surface area (Å²) in [6, 6.07) is 11.2. The van der Waals surface area contributed by atoms with E-state index in [1.807, 2.05) is 13.8 Å². The Morgan fingerprint density at radius 2 is 1.11 bits per heavy atom. The molecule has 1 aromatic heterocycles. The molecule has 0 saturated heterocycles. The van der Waals surface area contributed by atoms with Gasteiger partial charge in [0.15, 0.2) is 0 Å². The second kappa shape index (κ2) is 18.8. The van der Waals surface area contributed by atoms with E-state index in [2.05, 4.69) is 26.6 Å². The number of carboxylic acids is 2. The number of carbonyl (C=O) groups excluding carboxylic acids is 2. The molecule has 1 heterocycles. The molecule has 290 valence electrons. The Kier molecular flexibility index (Phi) is 16.0. The van der Waals surface area contributed by atoms with E-state index in [1.165, 1.54) is 6.07 Å². The van der Waals surface area contributed by atoms with Gasteiger partial charge < -0.3 is 34.9 Å². The maximum absolute atomic E-state index is 12.2. The van der Waals surface area contributed by atoms with Gasteiger partial charge in [0.05, 0.1) is 0 Å². The smallest absolute Gasteiger partial charge is 0.408 e. The molecule has 0 fully saturated rings. The van der Waals surface area contributed by atoms with Crippen LogP contribution in [0.4, 0.5) is 9.59 Å². The summed E-state index contributed by atoms with van der Waals surface area (Å²) < 4.78 is 12.7. The fourth-order valence-corrected chi connectivity index (χ4v) is 6.00. The van der Waals surface area contributed by atoms with Gasteiger partial charge in [0.25, 0.3) is 5.56 Å². The van der Waals surface area contributed by atoms with E-state index >= 15 is 0 Å². The minimum absolute atomic E-state index is 0.00689. The van der Waals surface area contributed by atoms with Crippen molar-refractivity contribution in [2.45, 2.75) is 110 Å². The van der Waals surface area contributed by atoms with Gasteiger partial charge >= 0.3 is 24.1 Å². The van der Waals surface area contributed by atoms with Crippen molar-refractivity contribution < 1.29 is 38.9 Å². The molecule has 3 aromatic rings. The van der Waals surface area contributed by atoms with Gasteiger partial charge in [-0.25, -0.2) is 19.2 Å². The Hall–Kier alpha value is -4.07. The number of pyridine rings is 1. The lowest BCUT2D eigenvalue weighted by atomic mass is 9.91. The first-order chi connectivity index (χ1) is 24.3. The standard InChI is InChI=1S/C23H29ClN2O5.C15H19BrClNO4/c1-13(2)26-12-16(8-10-19(26)27)15-7-9-18(24)17(11-15)14(3)20(21(28)29)25-22(30)31-23(4,5)6;1-8(10-7-9(16)5-6-11(10)17)12(13(19)20)18-14(21)22-15(2,3)4/h7-14,20H,1-6H3,(H,25,30)(H,28,29);5-8,12H,1-4H3,(H,18,21)(H,19,20)/t14?,20-;8?,12-/m00/s1. The van der Waals surface area contributed by atoms with Crippen molar-refractivity contribution in [2.24, 2.45) is 0 Å². The third kappa shape index (κ3) is 14.0. The van der Waals surface area contributed by atoms with Gasteiger partial charge in [-0.1, -0.05) is 59.0 Å². The maximum Gasteiger partial charge on any atom is 0.408 e. The first-order valence-electron chi connectivity index (χ1n) is 16.7. The van der Waals surface area contributed by atoms with E-state index in [0.717, 1.165) is 15.6 Å². The lowest BCUT2D eigenvalue weighted by Gasteiger charge is -2.26. The molecule has 0 spiro atoms. The predicted molar refractivity (Wildman–Crippen MR) is 209 cm³/mol. The van der Waals surface area contributed by atoms with Crippen LogP contribution in [0, 0.1) is 0 Å². The summed E-state index contributed by atoms with van der Waals surface area (Å²) in [5, 5.41) is 24.7. The summed E-state index contributed by atoms with van der Waals surface area (Å²) in [6.07, 6.45) is 0.166. The van der Waals surface area contributed by atoms with Crippen molar-refractivity contribution in [3.63, 3.8) is 0 Å². The zero-order valence-electron chi connectivity index (χ0n) is 31.4. The number of alkyl carbamates (subject to hydrolysis) is 2. The number of rotatable bonds is 10. The number of benzene rings is 2. The van der Waals surface area contributed by atoms with Gasteiger partial charge in [-0.2, -0.15) is 0 Å². The Morgan fingerprint density at radius 1 is 0.698 bits per heavy atom. The van der Waals surface area contributed by atoms with Crippen molar-refractivity contribution in [3.05, 3.63) is 90.7 Å². The molecule has 0 bridgehead atoms. The molecule has 0 aliphatic heterocycles. The van der Waals surface area contributed by atoms with Crippen molar-refractivity contribution >= 4 is 63.3 Å². The van der Waals surface area contributed by atoms with Crippen LogP contribution in [0.5, 0.6) is 0 Å². The molecule has 4 atom stereocenters. The topological polar surface area (TPSA) is 173 Å². The second-order valence-electron chi connectivity index (χ2n) is 14.7. The van der Waals surface area contributed by atoms with E-state index in [-0.39, 0.29) is 11.6 Å². The monoisotopic (exact) mass is 839 g/mol. The van der Waals surface area contributed by atoms with Gasteiger partial charge in [-0.3, -0.25) is 4.79 Å². The maximum atomic E-state index is 12.2. The molecule has 12 nitrogen and oxygen atoms in total. The summed E-state index contributed by atoms with van der Waals surface area (Å²) >= 11 is 15.8. The summed E-state index contributed by atoms with van der Waals surface area (Å²) in [6.45, 7) is 17.4. The zero-order chi connectivity index (χ0) is 40.6. The fraction of sp³-hybridized carbons (Fsp3) is 0.447. The average molecular weight is 842 g/mol. The van der Waals surface area contributed by atoms with E-state index in [4.69, 9.17) is 32.7 Å². The number of hydrogen-bond donors (Lipinski definition) is 4. The van der Waals surface area contributed by atoms with Crippen molar-refractivity contribution in [1.82, 2.24) is 15.2 Å². The number of carboxylic acid groups (broad SMARTS) is 2.